The summed E-state index contributed by atoms with van der Waals surface area (Å²) < 4.78 is 114. The minimum Gasteiger partial charge on any atom is -0.341 e. The molecule has 2 aromatic heterocycles. The van der Waals surface area contributed by atoms with Gasteiger partial charge in [-0.2, -0.15) is 39.5 Å². The normalized spacial score (nSPS) is 15.7. The van der Waals surface area contributed by atoms with Gasteiger partial charge in [-0.15, -0.1) is 0 Å². The maximum absolute atomic E-state index is 13.0. The average molecular weight is 767 g/mol. The number of ketones is 2. The number of rotatable bonds is 11. The van der Waals surface area contributed by atoms with Crippen molar-refractivity contribution < 1.29 is 53.9 Å². The number of carbonyl (C=O) groups excluding carboxylic acids is 3. The molecule has 0 atom stereocenters. The molecular formula is C36H31F9N6O3. The van der Waals surface area contributed by atoms with Gasteiger partial charge in [-0.05, 0) is 48.9 Å². The van der Waals surface area contributed by atoms with Crippen LogP contribution in [0.1, 0.15) is 80.3 Å². The van der Waals surface area contributed by atoms with Crippen molar-refractivity contribution in [3.8, 4) is 0 Å². The Morgan fingerprint density at radius 1 is 0.630 bits per heavy atom. The van der Waals surface area contributed by atoms with Crippen LogP contribution in [0.2, 0.25) is 0 Å². The van der Waals surface area contributed by atoms with Crippen molar-refractivity contribution in [2.75, 3.05) is 13.1 Å². The van der Waals surface area contributed by atoms with E-state index in [-0.39, 0.29) is 29.7 Å². The fourth-order valence-corrected chi connectivity index (χ4v) is 5.75. The van der Waals surface area contributed by atoms with Crippen molar-refractivity contribution in [3.05, 3.63) is 118 Å². The number of benzene rings is 2. The van der Waals surface area contributed by atoms with E-state index in [1.807, 2.05) is 0 Å². The first-order valence-electron chi connectivity index (χ1n) is 16.3. The van der Waals surface area contributed by atoms with Crippen molar-refractivity contribution in [1.82, 2.24) is 25.3 Å². The van der Waals surface area contributed by atoms with Crippen LogP contribution in [-0.4, -0.2) is 56.7 Å². The Morgan fingerprint density at radius 3 is 1.35 bits per heavy atom. The second kappa shape index (κ2) is 15.2. The molecule has 0 bridgehead atoms. The summed E-state index contributed by atoms with van der Waals surface area (Å²) in [6.45, 7) is -0.980. The molecule has 0 unspecified atom stereocenters. The molecule has 1 amide bonds. The first-order valence-corrected chi connectivity index (χ1v) is 16.3. The van der Waals surface area contributed by atoms with Crippen molar-refractivity contribution in [1.29, 1.82) is 0 Å². The number of amides is 1. The number of halogens is 9. The van der Waals surface area contributed by atoms with Crippen LogP contribution in [0.4, 0.5) is 39.5 Å². The zero-order valence-corrected chi connectivity index (χ0v) is 28.1. The van der Waals surface area contributed by atoms with Gasteiger partial charge < -0.3 is 11.1 Å². The summed E-state index contributed by atoms with van der Waals surface area (Å²) in [6.07, 6.45) is -5.23. The van der Waals surface area contributed by atoms with Gasteiger partial charge in [0.05, 0.1) is 35.3 Å². The fraction of sp³-hybridized carbons (Fsp3) is 0.361. The zero-order chi connectivity index (χ0) is 39.5. The highest BCUT2D eigenvalue weighted by Gasteiger charge is 2.47. The van der Waals surface area contributed by atoms with Crippen LogP contribution in [0.3, 0.4) is 0 Å². The first-order chi connectivity index (χ1) is 25.2. The second-order valence-corrected chi connectivity index (χ2v) is 13.1. The summed E-state index contributed by atoms with van der Waals surface area (Å²) in [4.78, 5) is 50.4. The quantitative estimate of drug-likeness (QED) is 0.130. The smallest absolute Gasteiger partial charge is 0.341 e. The van der Waals surface area contributed by atoms with E-state index < -0.39 is 53.3 Å². The molecule has 0 saturated heterocycles. The fourth-order valence-electron chi connectivity index (χ4n) is 5.75. The molecule has 2 fully saturated rings. The van der Waals surface area contributed by atoms with Crippen LogP contribution in [0.5, 0.6) is 0 Å². The number of hydrogen-bond acceptors (Lipinski definition) is 8. The van der Waals surface area contributed by atoms with Crippen LogP contribution in [0.15, 0.2) is 73.3 Å². The van der Waals surface area contributed by atoms with E-state index in [4.69, 9.17) is 5.73 Å². The van der Waals surface area contributed by atoms with Crippen LogP contribution >= 0.6 is 0 Å². The van der Waals surface area contributed by atoms with Crippen LogP contribution in [0, 0.1) is 0 Å². The Hall–Kier alpha value is -5.26. The highest BCUT2D eigenvalue weighted by Crippen LogP contribution is 2.52. The molecule has 2 aliphatic carbocycles. The summed E-state index contributed by atoms with van der Waals surface area (Å²) in [5.41, 5.74) is 4.46. The third-order valence-corrected chi connectivity index (χ3v) is 9.21. The Kier molecular flexibility index (Phi) is 11.3. The van der Waals surface area contributed by atoms with Crippen molar-refractivity contribution >= 4 is 17.5 Å². The SMILES string of the molecule is NCC(=O)c1cnc(CC2(c3cccc(C(F)(F)F)c3)CC2)nc1.O=C(CNC(=O)C(F)(F)F)c1cnc(CC2(c3cccc(C(F)(F)F)c3)CC2)nc1. The molecule has 18 heteroatoms. The van der Waals surface area contributed by atoms with Gasteiger partial charge in [0, 0.05) is 48.5 Å². The molecule has 0 aliphatic heterocycles. The van der Waals surface area contributed by atoms with E-state index in [1.54, 1.807) is 12.1 Å². The Labute approximate surface area is 301 Å². The molecule has 0 radical (unpaired) electrons. The molecule has 3 N–H and O–H groups in total. The minimum atomic E-state index is -5.09. The van der Waals surface area contributed by atoms with Crippen molar-refractivity contribution in [2.45, 2.75) is 67.9 Å². The predicted octanol–water partition coefficient (Wildman–Crippen LogP) is 6.54. The molecule has 9 nitrogen and oxygen atoms in total. The highest BCUT2D eigenvalue weighted by atomic mass is 19.4. The number of aromatic nitrogens is 4. The van der Waals surface area contributed by atoms with Gasteiger partial charge in [0.2, 0.25) is 0 Å². The van der Waals surface area contributed by atoms with Crippen molar-refractivity contribution in [2.24, 2.45) is 5.73 Å². The third-order valence-electron chi connectivity index (χ3n) is 9.21. The summed E-state index contributed by atoms with van der Waals surface area (Å²) in [6, 6.07) is 10.5. The first kappa shape index (κ1) is 39.9. The van der Waals surface area contributed by atoms with Gasteiger partial charge in [-0.1, -0.05) is 36.4 Å². The highest BCUT2D eigenvalue weighted by molar-refractivity contribution is 5.99. The lowest BCUT2D eigenvalue weighted by Crippen LogP contribution is -2.39. The molecule has 286 valence electrons. The summed E-state index contributed by atoms with van der Waals surface area (Å²) >= 11 is 0. The topological polar surface area (TPSA) is 141 Å². The number of nitrogens with one attached hydrogen (secondary N) is 1. The average Bonchev–Trinajstić information content (AvgIpc) is 4.08. The van der Waals surface area contributed by atoms with E-state index >= 15 is 0 Å². The lowest BCUT2D eigenvalue weighted by molar-refractivity contribution is -0.173. The molecule has 2 aliphatic rings. The standard InChI is InChI=1S/C19H15F6N3O2.C17H16F3N3O/c20-18(21,22)13-3-1-2-12(6-13)17(4-5-17)7-15-26-8-11(9-27-15)14(29)10-28-16(30)19(23,24)25;18-17(19,20)13-3-1-2-12(6-13)16(4-5-16)7-15-22-9-11(10-23-15)14(24)8-21/h1-3,6,8-9H,4-5,7,10H2,(H,28,30);1-3,6,9-10H,4-5,7-8,21H2. The van der Waals surface area contributed by atoms with Gasteiger partial charge in [0.25, 0.3) is 0 Å². The van der Waals surface area contributed by atoms with Crippen LogP contribution in [0.25, 0.3) is 0 Å². The molecule has 0 spiro atoms. The zero-order valence-electron chi connectivity index (χ0n) is 28.1. The van der Waals surface area contributed by atoms with Gasteiger partial charge in [-0.25, -0.2) is 19.9 Å². The Balaban J connectivity index is 0.000000213. The number of nitrogens with two attached hydrogens (primary N) is 1. The second-order valence-electron chi connectivity index (χ2n) is 13.1. The van der Waals surface area contributed by atoms with Crippen LogP contribution < -0.4 is 11.1 Å². The largest absolute Gasteiger partial charge is 0.471 e. The molecule has 2 saturated carbocycles. The maximum Gasteiger partial charge on any atom is 0.471 e. The summed E-state index contributed by atoms with van der Waals surface area (Å²) in [5, 5.41) is 1.46. The van der Waals surface area contributed by atoms with E-state index in [0.29, 0.717) is 47.6 Å². The lowest BCUT2D eigenvalue weighted by atomic mass is 9.90. The van der Waals surface area contributed by atoms with Gasteiger partial charge in [0.1, 0.15) is 11.6 Å². The molecule has 2 heterocycles. The van der Waals surface area contributed by atoms with E-state index in [1.165, 1.54) is 35.9 Å². The number of Topliss-reactive ketones (excluding diaryl/α,β-unsaturated/α-hetero) is 2. The minimum absolute atomic E-state index is 0.0925. The molecule has 6 rings (SSSR count). The molecule has 2 aromatic carbocycles. The molecular weight excluding hydrogens is 735 g/mol. The lowest BCUT2D eigenvalue weighted by Gasteiger charge is -2.17. The maximum atomic E-state index is 13.0. The van der Waals surface area contributed by atoms with Gasteiger partial charge in [0.15, 0.2) is 11.6 Å². The Bertz CT molecular complexity index is 1990. The van der Waals surface area contributed by atoms with E-state index in [0.717, 1.165) is 43.4 Å². The summed E-state index contributed by atoms with van der Waals surface area (Å²) in [7, 11) is 0. The van der Waals surface area contributed by atoms with Gasteiger partial charge in [-0.3, -0.25) is 14.4 Å². The predicted molar refractivity (Wildman–Crippen MR) is 173 cm³/mol. The number of hydrogen-bond donors (Lipinski definition) is 2. The van der Waals surface area contributed by atoms with E-state index in [2.05, 4.69) is 19.9 Å². The molecule has 54 heavy (non-hydrogen) atoms. The number of alkyl halides is 9. The summed E-state index contributed by atoms with van der Waals surface area (Å²) in [5.74, 6) is -2.48. The monoisotopic (exact) mass is 766 g/mol. The van der Waals surface area contributed by atoms with Crippen LogP contribution in [-0.2, 0) is 40.8 Å². The number of carbonyl (C=O) groups is 3. The third kappa shape index (κ3) is 9.83. The van der Waals surface area contributed by atoms with Crippen molar-refractivity contribution in [3.63, 3.8) is 0 Å². The molecule has 4 aromatic rings. The number of nitrogens with zero attached hydrogens (tertiary/aromatic N) is 4. The van der Waals surface area contributed by atoms with E-state index in [9.17, 15) is 53.9 Å². The Morgan fingerprint density at radius 2 is 1.02 bits per heavy atom. The van der Waals surface area contributed by atoms with Gasteiger partial charge >= 0.3 is 24.4 Å².